The number of piperazine rings is 1. The van der Waals surface area contributed by atoms with Crippen LogP contribution in [0.2, 0.25) is 0 Å². The van der Waals surface area contributed by atoms with Gasteiger partial charge in [0, 0.05) is 43.6 Å². The molecule has 8 heteroatoms. The molecule has 2 saturated heterocycles. The summed E-state index contributed by atoms with van der Waals surface area (Å²) in [6.45, 7) is 12.7. The predicted molar refractivity (Wildman–Crippen MR) is 113 cm³/mol. The number of hydrogen-bond donors (Lipinski definition) is 1. The van der Waals surface area contributed by atoms with Gasteiger partial charge in [-0.25, -0.2) is 4.98 Å². The van der Waals surface area contributed by atoms with Crippen molar-refractivity contribution in [3.8, 4) is 0 Å². The number of rotatable bonds is 5. The molecule has 0 radical (unpaired) electrons. The number of piperidine rings is 1. The first-order valence-electron chi connectivity index (χ1n) is 10.4. The Kier molecular flexibility index (Phi) is 7.06. The molecule has 0 spiro atoms. The number of nitrogens with one attached hydrogen (secondary N) is 1. The van der Waals surface area contributed by atoms with Crippen molar-refractivity contribution in [1.82, 2.24) is 19.7 Å². The molecule has 2 atom stereocenters. The minimum Gasteiger partial charge on any atom is -0.339 e. The van der Waals surface area contributed by atoms with Crippen LogP contribution < -0.4 is 5.32 Å². The van der Waals surface area contributed by atoms with E-state index in [0.717, 1.165) is 56.1 Å². The normalized spacial score (nSPS) is 22.9. The van der Waals surface area contributed by atoms with Crippen LogP contribution in [-0.2, 0) is 9.59 Å². The quantitative estimate of drug-likeness (QED) is 0.810. The van der Waals surface area contributed by atoms with Gasteiger partial charge in [-0.15, -0.1) is 11.3 Å². The molecule has 1 aromatic rings. The number of likely N-dealkylation sites (tertiary alicyclic amines) is 1. The lowest BCUT2D eigenvalue weighted by atomic mass is 10.0. The number of hydrogen-bond acceptors (Lipinski definition) is 6. The van der Waals surface area contributed by atoms with Crippen LogP contribution in [0, 0.1) is 13.8 Å². The fourth-order valence-corrected chi connectivity index (χ4v) is 4.78. The topological polar surface area (TPSA) is 68.8 Å². The van der Waals surface area contributed by atoms with Crippen LogP contribution in [0.25, 0.3) is 0 Å². The van der Waals surface area contributed by atoms with Crippen molar-refractivity contribution in [2.45, 2.75) is 59.0 Å². The molecule has 3 rings (SSSR count). The highest BCUT2D eigenvalue weighted by atomic mass is 32.1. The van der Waals surface area contributed by atoms with Gasteiger partial charge in [-0.05, 0) is 47.0 Å². The summed E-state index contributed by atoms with van der Waals surface area (Å²) in [7, 11) is 0. The van der Waals surface area contributed by atoms with Gasteiger partial charge in [0.15, 0.2) is 5.13 Å². The van der Waals surface area contributed by atoms with E-state index in [-0.39, 0.29) is 17.9 Å². The Bertz CT molecular complexity index is 679. The third-order valence-corrected chi connectivity index (χ3v) is 7.06. The van der Waals surface area contributed by atoms with E-state index in [4.69, 9.17) is 0 Å². The Morgan fingerprint density at radius 3 is 2.50 bits per heavy atom. The Morgan fingerprint density at radius 1 is 1.18 bits per heavy atom. The molecule has 28 heavy (non-hydrogen) atoms. The van der Waals surface area contributed by atoms with E-state index < -0.39 is 0 Å². The van der Waals surface area contributed by atoms with Crippen LogP contribution in [0.1, 0.15) is 43.7 Å². The molecule has 2 unspecified atom stereocenters. The standard InChI is InChI=1S/C20H33N5O2S/c1-14-7-5-6-8-25(14)18(26)13-23-9-11-24(12-10-23)16(3)19(27)22-20-21-15(2)17(4)28-20/h14,16H,5-13H2,1-4H3,(H,21,22,27). The highest BCUT2D eigenvalue weighted by molar-refractivity contribution is 7.15. The number of aryl methyl sites for hydroxylation is 2. The second-order valence-electron chi connectivity index (χ2n) is 8.07. The molecular weight excluding hydrogens is 374 g/mol. The Morgan fingerprint density at radius 2 is 1.89 bits per heavy atom. The van der Waals surface area contributed by atoms with Crippen molar-refractivity contribution in [2.75, 3.05) is 44.6 Å². The largest absolute Gasteiger partial charge is 0.339 e. The van der Waals surface area contributed by atoms with Crippen molar-refractivity contribution in [1.29, 1.82) is 0 Å². The maximum atomic E-state index is 12.6. The predicted octanol–water partition coefficient (Wildman–Crippen LogP) is 2.11. The molecule has 0 saturated carbocycles. The summed E-state index contributed by atoms with van der Waals surface area (Å²) in [4.78, 5) is 37.2. The molecule has 2 amide bonds. The van der Waals surface area contributed by atoms with Gasteiger partial charge in [0.25, 0.3) is 0 Å². The van der Waals surface area contributed by atoms with E-state index in [1.165, 1.54) is 17.8 Å². The van der Waals surface area contributed by atoms with Crippen molar-refractivity contribution in [3.05, 3.63) is 10.6 Å². The van der Waals surface area contributed by atoms with Crippen molar-refractivity contribution >= 4 is 28.3 Å². The number of nitrogens with zero attached hydrogens (tertiary/aromatic N) is 4. The zero-order valence-electron chi connectivity index (χ0n) is 17.5. The van der Waals surface area contributed by atoms with E-state index in [2.05, 4.69) is 27.0 Å². The number of anilines is 1. The number of thiazole rings is 1. The first-order valence-corrected chi connectivity index (χ1v) is 11.2. The van der Waals surface area contributed by atoms with Crippen LogP contribution in [-0.4, -0.2) is 82.9 Å². The van der Waals surface area contributed by atoms with Crippen LogP contribution in [0.4, 0.5) is 5.13 Å². The number of carbonyl (C=O) groups excluding carboxylic acids is 2. The zero-order valence-corrected chi connectivity index (χ0v) is 18.3. The van der Waals surface area contributed by atoms with Crippen LogP contribution >= 0.6 is 11.3 Å². The highest BCUT2D eigenvalue weighted by Crippen LogP contribution is 2.22. The summed E-state index contributed by atoms with van der Waals surface area (Å²) in [5.41, 5.74) is 0.967. The van der Waals surface area contributed by atoms with E-state index in [1.807, 2.05) is 25.7 Å². The van der Waals surface area contributed by atoms with Crippen molar-refractivity contribution < 1.29 is 9.59 Å². The van der Waals surface area contributed by atoms with Crippen LogP contribution in [0.3, 0.4) is 0 Å². The van der Waals surface area contributed by atoms with Gasteiger partial charge < -0.3 is 10.2 Å². The second-order valence-corrected chi connectivity index (χ2v) is 9.27. The highest BCUT2D eigenvalue weighted by Gasteiger charge is 2.29. The molecule has 2 aliphatic rings. The number of carbonyl (C=O) groups is 2. The molecule has 0 bridgehead atoms. The molecule has 7 nitrogen and oxygen atoms in total. The van der Waals surface area contributed by atoms with Gasteiger partial charge in [-0.1, -0.05) is 0 Å². The number of aromatic nitrogens is 1. The molecule has 1 aromatic heterocycles. The van der Waals surface area contributed by atoms with E-state index in [9.17, 15) is 9.59 Å². The third kappa shape index (κ3) is 5.10. The molecule has 0 aromatic carbocycles. The Hall–Kier alpha value is -1.51. The summed E-state index contributed by atoms with van der Waals surface area (Å²) in [5.74, 6) is 0.237. The summed E-state index contributed by atoms with van der Waals surface area (Å²) in [6.07, 6.45) is 3.46. The third-order valence-electron chi connectivity index (χ3n) is 6.07. The molecular formula is C20H33N5O2S. The summed E-state index contributed by atoms with van der Waals surface area (Å²) >= 11 is 1.52. The van der Waals surface area contributed by atoms with E-state index in [0.29, 0.717) is 17.7 Å². The monoisotopic (exact) mass is 407 g/mol. The first-order chi connectivity index (χ1) is 13.3. The van der Waals surface area contributed by atoms with Gasteiger partial charge >= 0.3 is 0 Å². The van der Waals surface area contributed by atoms with Gasteiger partial charge in [-0.3, -0.25) is 19.4 Å². The van der Waals surface area contributed by atoms with Gasteiger partial charge in [-0.2, -0.15) is 0 Å². The fraction of sp³-hybridized carbons (Fsp3) is 0.750. The second kappa shape index (κ2) is 9.33. The Balaban J connectivity index is 1.45. The first kappa shape index (κ1) is 21.2. The minimum atomic E-state index is -0.204. The van der Waals surface area contributed by atoms with E-state index >= 15 is 0 Å². The SMILES string of the molecule is Cc1nc(NC(=O)C(C)N2CCN(CC(=O)N3CCCCC3C)CC2)sc1C. The molecule has 2 fully saturated rings. The number of amides is 2. The maximum Gasteiger partial charge on any atom is 0.243 e. The van der Waals surface area contributed by atoms with E-state index in [1.54, 1.807) is 0 Å². The minimum absolute atomic E-state index is 0.0135. The average Bonchev–Trinajstić information content (AvgIpc) is 2.99. The average molecular weight is 408 g/mol. The van der Waals surface area contributed by atoms with Gasteiger partial charge in [0.2, 0.25) is 11.8 Å². The molecule has 2 aliphatic heterocycles. The molecule has 3 heterocycles. The summed E-state index contributed by atoms with van der Waals surface area (Å²) in [6, 6.07) is 0.161. The molecule has 156 valence electrons. The lowest BCUT2D eigenvalue weighted by molar-refractivity contribution is -0.136. The van der Waals surface area contributed by atoms with Crippen LogP contribution in [0.15, 0.2) is 0 Å². The zero-order chi connectivity index (χ0) is 20.3. The van der Waals surface area contributed by atoms with Crippen molar-refractivity contribution in [2.24, 2.45) is 0 Å². The van der Waals surface area contributed by atoms with Gasteiger partial charge in [0.1, 0.15) is 0 Å². The maximum absolute atomic E-state index is 12.6. The Labute approximate surface area is 172 Å². The smallest absolute Gasteiger partial charge is 0.243 e. The summed E-state index contributed by atoms with van der Waals surface area (Å²) in [5, 5.41) is 3.62. The fourth-order valence-electron chi connectivity index (χ4n) is 3.96. The lowest BCUT2D eigenvalue weighted by Gasteiger charge is -2.39. The molecule has 0 aliphatic carbocycles. The molecule has 1 N–H and O–H groups in total. The van der Waals surface area contributed by atoms with Gasteiger partial charge in [0.05, 0.1) is 18.3 Å². The summed E-state index contributed by atoms with van der Waals surface area (Å²) < 4.78 is 0. The lowest BCUT2D eigenvalue weighted by Crippen LogP contribution is -2.55. The van der Waals surface area contributed by atoms with Crippen molar-refractivity contribution in [3.63, 3.8) is 0 Å². The van der Waals surface area contributed by atoms with Crippen LogP contribution in [0.5, 0.6) is 0 Å².